The standard InChI is InChI=1S/C20H24FN3O/c21-18-6-4-17(5-7-18)19(24-13-1-2-14-24)15-23-20(25)8-3-16-9-11-22-12-10-16/h4-7,9-12,19H,1-3,8,13-15H2,(H,23,25)/t19-/m0/s1. The average Bonchev–Trinajstić information content (AvgIpc) is 3.17. The van der Waals surface area contributed by atoms with Crippen LogP contribution in [0.4, 0.5) is 4.39 Å². The van der Waals surface area contributed by atoms with E-state index in [0.29, 0.717) is 19.4 Å². The zero-order valence-electron chi connectivity index (χ0n) is 14.3. The number of aromatic nitrogens is 1. The SMILES string of the molecule is O=C(CCc1ccncc1)NC[C@@H](c1ccc(F)cc1)N1CCCC1. The molecule has 2 aromatic rings. The molecule has 1 amide bonds. The molecule has 0 aliphatic carbocycles. The van der Waals surface area contributed by atoms with Crippen LogP contribution in [-0.4, -0.2) is 35.4 Å². The molecular formula is C20H24FN3O. The number of aryl methyl sites for hydroxylation is 1. The molecule has 1 saturated heterocycles. The van der Waals surface area contributed by atoms with Gasteiger partial charge in [-0.3, -0.25) is 14.7 Å². The molecule has 132 valence electrons. The number of benzene rings is 1. The van der Waals surface area contributed by atoms with Crippen LogP contribution < -0.4 is 5.32 Å². The van der Waals surface area contributed by atoms with Crippen molar-refractivity contribution >= 4 is 5.91 Å². The summed E-state index contributed by atoms with van der Waals surface area (Å²) in [5.41, 5.74) is 2.16. The number of carbonyl (C=O) groups excluding carboxylic acids is 1. The van der Waals surface area contributed by atoms with Crippen molar-refractivity contribution in [2.45, 2.75) is 31.7 Å². The van der Waals surface area contributed by atoms with Gasteiger partial charge in [0, 0.05) is 25.4 Å². The van der Waals surface area contributed by atoms with Gasteiger partial charge < -0.3 is 5.32 Å². The summed E-state index contributed by atoms with van der Waals surface area (Å²) in [6, 6.07) is 10.6. The molecule has 0 unspecified atom stereocenters. The van der Waals surface area contributed by atoms with Crippen molar-refractivity contribution in [1.82, 2.24) is 15.2 Å². The lowest BCUT2D eigenvalue weighted by Crippen LogP contribution is -2.36. The lowest BCUT2D eigenvalue weighted by molar-refractivity contribution is -0.121. The molecule has 2 heterocycles. The number of pyridine rings is 1. The predicted molar refractivity (Wildman–Crippen MR) is 95.5 cm³/mol. The van der Waals surface area contributed by atoms with Gasteiger partial charge in [-0.05, 0) is 67.7 Å². The Hall–Kier alpha value is -2.27. The summed E-state index contributed by atoms with van der Waals surface area (Å²) in [7, 11) is 0. The molecule has 1 aromatic heterocycles. The number of amides is 1. The van der Waals surface area contributed by atoms with E-state index in [1.165, 1.54) is 25.0 Å². The second kappa shape index (κ2) is 8.72. The normalized spacial score (nSPS) is 15.9. The van der Waals surface area contributed by atoms with Crippen LogP contribution in [-0.2, 0) is 11.2 Å². The Kier molecular flexibility index (Phi) is 6.12. The summed E-state index contributed by atoms with van der Waals surface area (Å²) in [5, 5.41) is 3.05. The van der Waals surface area contributed by atoms with Gasteiger partial charge in [-0.1, -0.05) is 12.1 Å². The highest BCUT2D eigenvalue weighted by molar-refractivity contribution is 5.76. The highest BCUT2D eigenvalue weighted by atomic mass is 19.1. The fraction of sp³-hybridized carbons (Fsp3) is 0.400. The quantitative estimate of drug-likeness (QED) is 0.842. The Morgan fingerprint density at radius 1 is 1.12 bits per heavy atom. The van der Waals surface area contributed by atoms with E-state index in [-0.39, 0.29) is 17.8 Å². The van der Waals surface area contributed by atoms with Gasteiger partial charge in [-0.15, -0.1) is 0 Å². The summed E-state index contributed by atoms with van der Waals surface area (Å²) >= 11 is 0. The van der Waals surface area contributed by atoms with Crippen molar-refractivity contribution in [3.05, 3.63) is 65.7 Å². The Balaban J connectivity index is 1.56. The van der Waals surface area contributed by atoms with E-state index in [2.05, 4.69) is 15.2 Å². The molecule has 1 N–H and O–H groups in total. The summed E-state index contributed by atoms with van der Waals surface area (Å²) < 4.78 is 13.2. The van der Waals surface area contributed by atoms with E-state index in [1.54, 1.807) is 12.4 Å². The highest BCUT2D eigenvalue weighted by Crippen LogP contribution is 2.24. The molecule has 0 spiro atoms. The molecule has 4 nitrogen and oxygen atoms in total. The largest absolute Gasteiger partial charge is 0.354 e. The molecule has 0 radical (unpaired) electrons. The van der Waals surface area contributed by atoms with Gasteiger partial charge in [-0.2, -0.15) is 0 Å². The molecule has 1 aliphatic rings. The molecule has 0 saturated carbocycles. The number of hydrogen-bond donors (Lipinski definition) is 1. The fourth-order valence-corrected chi connectivity index (χ4v) is 3.30. The summed E-state index contributed by atoms with van der Waals surface area (Å²) in [4.78, 5) is 18.6. The van der Waals surface area contributed by atoms with Gasteiger partial charge in [0.25, 0.3) is 0 Å². The maximum Gasteiger partial charge on any atom is 0.220 e. The van der Waals surface area contributed by atoms with Gasteiger partial charge in [0.15, 0.2) is 0 Å². The molecule has 0 bridgehead atoms. The number of hydrogen-bond acceptors (Lipinski definition) is 3. The van der Waals surface area contributed by atoms with Gasteiger partial charge in [-0.25, -0.2) is 4.39 Å². The fourth-order valence-electron chi connectivity index (χ4n) is 3.30. The van der Waals surface area contributed by atoms with Crippen molar-refractivity contribution in [3.8, 4) is 0 Å². The summed E-state index contributed by atoms with van der Waals surface area (Å²) in [5.74, 6) is -0.187. The minimum Gasteiger partial charge on any atom is -0.354 e. The number of likely N-dealkylation sites (tertiary alicyclic amines) is 1. The lowest BCUT2D eigenvalue weighted by Gasteiger charge is -2.28. The van der Waals surface area contributed by atoms with Gasteiger partial charge >= 0.3 is 0 Å². The average molecular weight is 341 g/mol. The topological polar surface area (TPSA) is 45.2 Å². The van der Waals surface area contributed by atoms with E-state index in [1.807, 2.05) is 24.3 Å². The molecular weight excluding hydrogens is 317 g/mol. The second-order valence-electron chi connectivity index (χ2n) is 6.47. The van der Waals surface area contributed by atoms with Crippen molar-refractivity contribution < 1.29 is 9.18 Å². The number of rotatable bonds is 7. The first-order chi connectivity index (χ1) is 12.2. The van der Waals surface area contributed by atoms with Crippen LogP contribution >= 0.6 is 0 Å². The van der Waals surface area contributed by atoms with Crippen LogP contribution in [0.25, 0.3) is 0 Å². The summed E-state index contributed by atoms with van der Waals surface area (Å²) in [6.07, 6.45) is 7.00. The van der Waals surface area contributed by atoms with E-state index in [4.69, 9.17) is 0 Å². The minimum atomic E-state index is -0.231. The predicted octanol–water partition coefficient (Wildman–Crippen LogP) is 3.11. The number of carbonyl (C=O) groups is 1. The molecule has 5 heteroatoms. The first-order valence-corrected chi connectivity index (χ1v) is 8.87. The Bertz CT molecular complexity index is 669. The van der Waals surface area contributed by atoms with E-state index in [9.17, 15) is 9.18 Å². The van der Waals surface area contributed by atoms with E-state index >= 15 is 0 Å². The third-order valence-electron chi connectivity index (χ3n) is 4.72. The molecule has 3 rings (SSSR count). The zero-order chi connectivity index (χ0) is 17.5. The Morgan fingerprint density at radius 3 is 2.48 bits per heavy atom. The van der Waals surface area contributed by atoms with Crippen LogP contribution in [0.5, 0.6) is 0 Å². The van der Waals surface area contributed by atoms with Crippen molar-refractivity contribution in [2.24, 2.45) is 0 Å². The number of halogens is 1. The molecule has 1 aromatic carbocycles. The van der Waals surface area contributed by atoms with Crippen LogP contribution in [0.2, 0.25) is 0 Å². The minimum absolute atomic E-state index is 0.0446. The first-order valence-electron chi connectivity index (χ1n) is 8.87. The number of nitrogens with one attached hydrogen (secondary N) is 1. The zero-order valence-corrected chi connectivity index (χ0v) is 14.3. The highest BCUT2D eigenvalue weighted by Gasteiger charge is 2.23. The monoisotopic (exact) mass is 341 g/mol. The van der Waals surface area contributed by atoms with Crippen molar-refractivity contribution in [1.29, 1.82) is 0 Å². The van der Waals surface area contributed by atoms with Crippen molar-refractivity contribution in [2.75, 3.05) is 19.6 Å². The third kappa shape index (κ3) is 5.10. The second-order valence-corrected chi connectivity index (χ2v) is 6.47. The Labute approximate surface area is 148 Å². The molecule has 1 aliphatic heterocycles. The van der Waals surface area contributed by atoms with Crippen LogP contribution in [0.3, 0.4) is 0 Å². The van der Waals surface area contributed by atoms with Crippen LogP contribution in [0.15, 0.2) is 48.8 Å². The maximum absolute atomic E-state index is 13.2. The van der Waals surface area contributed by atoms with Crippen molar-refractivity contribution in [3.63, 3.8) is 0 Å². The van der Waals surface area contributed by atoms with Gasteiger partial charge in [0.2, 0.25) is 5.91 Å². The van der Waals surface area contributed by atoms with Gasteiger partial charge in [0.05, 0.1) is 6.04 Å². The molecule has 1 fully saturated rings. The lowest BCUT2D eigenvalue weighted by atomic mass is 10.1. The Morgan fingerprint density at radius 2 is 1.80 bits per heavy atom. The summed E-state index contributed by atoms with van der Waals surface area (Å²) in [6.45, 7) is 2.60. The van der Waals surface area contributed by atoms with E-state index < -0.39 is 0 Å². The van der Waals surface area contributed by atoms with E-state index in [0.717, 1.165) is 24.2 Å². The van der Waals surface area contributed by atoms with Crippen LogP contribution in [0, 0.1) is 5.82 Å². The smallest absolute Gasteiger partial charge is 0.220 e. The first kappa shape index (κ1) is 17.5. The molecule has 25 heavy (non-hydrogen) atoms. The van der Waals surface area contributed by atoms with Gasteiger partial charge in [0.1, 0.15) is 5.82 Å². The maximum atomic E-state index is 13.2. The molecule has 1 atom stereocenters. The van der Waals surface area contributed by atoms with Crippen LogP contribution in [0.1, 0.15) is 36.4 Å². The number of nitrogens with zero attached hydrogens (tertiary/aromatic N) is 2. The third-order valence-corrected chi connectivity index (χ3v) is 4.72.